The number of rotatable bonds is 4. The minimum Gasteiger partial charge on any atom is -0.281 e. The minimum atomic E-state index is -4.85. The molecule has 5 heteroatoms. The molecule has 0 saturated heterocycles. The summed E-state index contributed by atoms with van der Waals surface area (Å²) in [6.45, 7) is 3.48. The average molecular weight is 336 g/mol. The zero-order valence-electron chi connectivity index (χ0n) is 12.9. The topological polar surface area (TPSA) is 9.23 Å². The molecule has 0 radical (unpaired) electrons. The summed E-state index contributed by atoms with van der Waals surface area (Å²) < 4.78 is 56.5. The van der Waals surface area contributed by atoms with Crippen LogP contribution in [0.15, 0.2) is 66.5 Å². The maximum Gasteiger partial charge on any atom is 0.523 e. The smallest absolute Gasteiger partial charge is 0.281 e. The van der Waals surface area contributed by atoms with E-state index in [1.54, 1.807) is 24.3 Å². The normalized spacial score (nSPS) is 20.5. The van der Waals surface area contributed by atoms with Crippen molar-refractivity contribution in [1.29, 1.82) is 0 Å². The molecule has 2 rings (SSSR count). The van der Waals surface area contributed by atoms with Gasteiger partial charge >= 0.3 is 6.36 Å². The minimum absolute atomic E-state index is 0.0146. The summed E-state index contributed by atoms with van der Waals surface area (Å²) in [5.41, 5.74) is -0.992. The first-order valence-corrected chi connectivity index (χ1v) is 7.36. The van der Waals surface area contributed by atoms with Crippen LogP contribution < -0.4 is 0 Å². The first-order chi connectivity index (χ1) is 11.3. The van der Waals surface area contributed by atoms with Gasteiger partial charge in [-0.3, -0.25) is 4.74 Å². The van der Waals surface area contributed by atoms with Gasteiger partial charge in [-0.25, -0.2) is 4.39 Å². The van der Waals surface area contributed by atoms with Crippen molar-refractivity contribution in [2.24, 2.45) is 0 Å². The fourth-order valence-electron chi connectivity index (χ4n) is 2.38. The van der Waals surface area contributed by atoms with Crippen LogP contribution in [0.3, 0.4) is 0 Å². The van der Waals surface area contributed by atoms with Gasteiger partial charge in [-0.05, 0) is 31.1 Å². The highest BCUT2D eigenvalue weighted by Crippen LogP contribution is 2.39. The molecule has 0 amide bonds. The van der Waals surface area contributed by atoms with Gasteiger partial charge in [0.05, 0.1) is 5.57 Å². The standard InChI is InChI=1S/C19H16F4O/c1-2-3-12-18(24-19(21,22)23)13-11-16(17(20)14-18)10-9-15-7-5-4-6-8-15/h2,4-8,11,13H,1,3,12,14H2. The molecule has 1 aliphatic carbocycles. The molecule has 24 heavy (non-hydrogen) atoms. The van der Waals surface area contributed by atoms with Gasteiger partial charge in [-0.1, -0.05) is 42.2 Å². The lowest BCUT2D eigenvalue weighted by atomic mass is 9.87. The lowest BCUT2D eigenvalue weighted by molar-refractivity contribution is -0.359. The molecule has 0 bridgehead atoms. The molecule has 0 N–H and O–H groups in total. The molecular formula is C19H16F4O. The molecule has 1 aliphatic rings. The van der Waals surface area contributed by atoms with Crippen molar-refractivity contribution in [2.75, 3.05) is 0 Å². The van der Waals surface area contributed by atoms with E-state index in [1.165, 1.54) is 18.2 Å². The second kappa shape index (κ2) is 7.50. The molecule has 0 aromatic heterocycles. The van der Waals surface area contributed by atoms with Crippen LogP contribution in [0.25, 0.3) is 0 Å². The highest BCUT2D eigenvalue weighted by Gasteiger charge is 2.43. The van der Waals surface area contributed by atoms with Gasteiger partial charge < -0.3 is 0 Å². The second-order valence-electron chi connectivity index (χ2n) is 5.38. The molecule has 0 saturated carbocycles. The fraction of sp³-hybridized carbons (Fsp3) is 0.263. The maximum atomic E-state index is 14.3. The van der Waals surface area contributed by atoms with E-state index < -0.39 is 24.2 Å². The van der Waals surface area contributed by atoms with Crippen molar-refractivity contribution >= 4 is 0 Å². The molecular weight excluding hydrogens is 320 g/mol. The van der Waals surface area contributed by atoms with E-state index in [0.717, 1.165) is 0 Å². The Morgan fingerprint density at radius 3 is 2.50 bits per heavy atom. The van der Waals surface area contributed by atoms with Crippen molar-refractivity contribution in [3.8, 4) is 11.8 Å². The number of halogens is 4. The summed E-state index contributed by atoms with van der Waals surface area (Å²) in [7, 11) is 0. The number of alkyl halides is 3. The summed E-state index contributed by atoms with van der Waals surface area (Å²) in [4.78, 5) is 0. The monoisotopic (exact) mass is 336 g/mol. The van der Waals surface area contributed by atoms with Gasteiger partial charge in [0.25, 0.3) is 0 Å². The molecule has 1 nitrogen and oxygen atoms in total. The van der Waals surface area contributed by atoms with Crippen LogP contribution in [0, 0.1) is 11.8 Å². The number of allylic oxidation sites excluding steroid dienone is 3. The van der Waals surface area contributed by atoms with Crippen molar-refractivity contribution < 1.29 is 22.3 Å². The van der Waals surface area contributed by atoms with Gasteiger partial charge in [0.15, 0.2) is 0 Å². The molecule has 0 heterocycles. The molecule has 1 unspecified atom stereocenters. The summed E-state index contributed by atoms with van der Waals surface area (Å²) in [6.07, 6.45) is -1.12. The van der Waals surface area contributed by atoms with Gasteiger partial charge in [-0.15, -0.1) is 19.8 Å². The van der Waals surface area contributed by atoms with Gasteiger partial charge in [0, 0.05) is 12.0 Å². The summed E-state index contributed by atoms with van der Waals surface area (Å²) in [6, 6.07) is 8.94. The predicted molar refractivity (Wildman–Crippen MR) is 84.5 cm³/mol. The molecule has 0 spiro atoms. The molecule has 126 valence electrons. The Labute approximate surface area is 138 Å². The van der Waals surface area contributed by atoms with E-state index in [2.05, 4.69) is 23.2 Å². The van der Waals surface area contributed by atoms with Crippen molar-refractivity contribution in [2.45, 2.75) is 31.2 Å². The average Bonchev–Trinajstić information content (AvgIpc) is 2.52. The summed E-state index contributed by atoms with van der Waals surface area (Å²) in [5.74, 6) is 4.73. The Hall–Kier alpha value is -2.32. The molecule has 1 atom stereocenters. The van der Waals surface area contributed by atoms with E-state index in [1.807, 2.05) is 6.07 Å². The highest BCUT2D eigenvalue weighted by atomic mass is 19.4. The summed E-state index contributed by atoms with van der Waals surface area (Å²) >= 11 is 0. The van der Waals surface area contributed by atoms with Crippen LogP contribution in [0.5, 0.6) is 0 Å². The molecule has 1 aromatic rings. The van der Waals surface area contributed by atoms with Crippen LogP contribution >= 0.6 is 0 Å². The van der Waals surface area contributed by atoms with Crippen LogP contribution in [0.4, 0.5) is 17.6 Å². The predicted octanol–water partition coefficient (Wildman–Crippen LogP) is 5.46. The summed E-state index contributed by atoms with van der Waals surface area (Å²) in [5, 5.41) is 0. The Bertz CT molecular complexity index is 704. The first-order valence-electron chi connectivity index (χ1n) is 7.36. The van der Waals surface area contributed by atoms with Gasteiger partial charge in [0.2, 0.25) is 0 Å². The third-order valence-electron chi connectivity index (χ3n) is 3.51. The number of benzene rings is 1. The lowest BCUT2D eigenvalue weighted by Crippen LogP contribution is -2.38. The second-order valence-corrected chi connectivity index (χ2v) is 5.38. The van der Waals surface area contributed by atoms with Crippen LogP contribution in [-0.4, -0.2) is 12.0 Å². The van der Waals surface area contributed by atoms with Gasteiger partial charge in [0.1, 0.15) is 11.4 Å². The Kier molecular flexibility index (Phi) is 5.63. The first kappa shape index (κ1) is 18.0. The quantitative estimate of drug-likeness (QED) is 0.403. The molecule has 1 aromatic carbocycles. The molecule has 0 aliphatic heterocycles. The Balaban J connectivity index is 2.22. The van der Waals surface area contributed by atoms with E-state index in [0.29, 0.717) is 5.56 Å². The number of hydrogen-bond donors (Lipinski definition) is 0. The van der Waals surface area contributed by atoms with E-state index >= 15 is 0 Å². The zero-order valence-corrected chi connectivity index (χ0v) is 12.9. The zero-order chi connectivity index (χ0) is 17.6. The SMILES string of the molecule is C=CCCC1(OC(F)(F)F)C=CC(C#Cc2ccccc2)=C(F)C1. The van der Waals surface area contributed by atoms with Crippen molar-refractivity contribution in [3.63, 3.8) is 0 Å². The number of ether oxygens (including phenoxy) is 1. The van der Waals surface area contributed by atoms with E-state index in [4.69, 9.17) is 0 Å². The van der Waals surface area contributed by atoms with Crippen LogP contribution in [0.1, 0.15) is 24.8 Å². The Morgan fingerprint density at radius 1 is 1.21 bits per heavy atom. The van der Waals surface area contributed by atoms with E-state index in [9.17, 15) is 17.6 Å². The van der Waals surface area contributed by atoms with Crippen molar-refractivity contribution in [3.05, 3.63) is 72.1 Å². The Morgan fingerprint density at radius 2 is 1.92 bits per heavy atom. The maximum absolute atomic E-state index is 14.3. The number of hydrogen-bond acceptors (Lipinski definition) is 1. The highest BCUT2D eigenvalue weighted by molar-refractivity contribution is 5.48. The lowest BCUT2D eigenvalue weighted by Gasteiger charge is -2.33. The third-order valence-corrected chi connectivity index (χ3v) is 3.51. The third kappa shape index (κ3) is 5.10. The molecule has 0 fully saturated rings. The van der Waals surface area contributed by atoms with E-state index in [-0.39, 0.29) is 18.4 Å². The largest absolute Gasteiger partial charge is 0.523 e. The van der Waals surface area contributed by atoms with Crippen LogP contribution in [0.2, 0.25) is 0 Å². The van der Waals surface area contributed by atoms with Crippen molar-refractivity contribution in [1.82, 2.24) is 0 Å². The fourth-order valence-corrected chi connectivity index (χ4v) is 2.38. The van der Waals surface area contributed by atoms with Gasteiger partial charge in [-0.2, -0.15) is 0 Å². The van der Waals surface area contributed by atoms with Crippen LogP contribution in [-0.2, 0) is 4.74 Å².